The molecular formula is C19H16F3N3O6. The van der Waals surface area contributed by atoms with Gasteiger partial charge in [0.05, 0.1) is 21.5 Å². The average Bonchev–Trinajstić information content (AvgIpc) is 3.20. The Bertz CT molecular complexity index is 1020. The predicted molar refractivity (Wildman–Crippen MR) is 102 cm³/mol. The SMILES string of the molecule is O=[N+]([O-])c1cc(C(F)(F)F)cc([N+](=O)[O-])c1N1CCCC1c1cccc2c1OCCO2. The van der Waals surface area contributed by atoms with Gasteiger partial charge in [0, 0.05) is 24.2 Å². The zero-order valence-corrected chi connectivity index (χ0v) is 15.9. The third-order valence-corrected chi connectivity index (χ3v) is 5.29. The molecule has 0 aliphatic carbocycles. The van der Waals surface area contributed by atoms with E-state index in [1.54, 1.807) is 18.2 Å². The molecule has 2 aliphatic heterocycles. The molecule has 31 heavy (non-hydrogen) atoms. The minimum absolute atomic E-state index is 0.197. The number of benzene rings is 2. The van der Waals surface area contributed by atoms with Crippen LogP contribution in [-0.4, -0.2) is 29.6 Å². The van der Waals surface area contributed by atoms with Gasteiger partial charge in [0.25, 0.3) is 11.4 Å². The summed E-state index contributed by atoms with van der Waals surface area (Å²) in [5, 5.41) is 23.3. The second-order valence-corrected chi connectivity index (χ2v) is 7.10. The molecular weight excluding hydrogens is 423 g/mol. The van der Waals surface area contributed by atoms with Crippen molar-refractivity contribution >= 4 is 17.1 Å². The Morgan fingerprint density at radius 1 is 1.03 bits per heavy atom. The lowest BCUT2D eigenvalue weighted by Crippen LogP contribution is -2.26. The predicted octanol–water partition coefficient (Wildman–Crippen LogP) is 4.63. The van der Waals surface area contributed by atoms with E-state index in [1.165, 1.54) is 4.90 Å². The summed E-state index contributed by atoms with van der Waals surface area (Å²) in [6.07, 6.45) is -3.96. The topological polar surface area (TPSA) is 108 Å². The number of nitrogens with zero attached hydrogens (tertiary/aromatic N) is 3. The molecule has 1 atom stereocenters. The molecule has 9 nitrogen and oxygen atoms in total. The zero-order valence-electron chi connectivity index (χ0n) is 15.9. The maximum absolute atomic E-state index is 13.2. The Balaban J connectivity index is 1.89. The quantitative estimate of drug-likeness (QED) is 0.505. The van der Waals surface area contributed by atoms with Crippen LogP contribution in [-0.2, 0) is 6.18 Å². The maximum Gasteiger partial charge on any atom is 0.416 e. The van der Waals surface area contributed by atoms with Crippen molar-refractivity contribution < 1.29 is 32.5 Å². The number of fused-ring (bicyclic) bond motifs is 1. The minimum Gasteiger partial charge on any atom is -0.486 e. The lowest BCUT2D eigenvalue weighted by molar-refractivity contribution is -0.393. The van der Waals surface area contributed by atoms with E-state index >= 15 is 0 Å². The first-order valence-corrected chi connectivity index (χ1v) is 9.37. The number of nitro groups is 2. The van der Waals surface area contributed by atoms with E-state index in [1.807, 2.05) is 0 Å². The first kappa shape index (κ1) is 20.7. The third-order valence-electron chi connectivity index (χ3n) is 5.29. The minimum atomic E-state index is -4.97. The molecule has 0 radical (unpaired) electrons. The van der Waals surface area contributed by atoms with Crippen LogP contribution in [0.3, 0.4) is 0 Å². The second kappa shape index (κ2) is 7.60. The third kappa shape index (κ3) is 3.68. The summed E-state index contributed by atoms with van der Waals surface area (Å²) in [6, 6.07) is 5.24. The Morgan fingerprint density at radius 2 is 1.68 bits per heavy atom. The summed E-state index contributed by atoms with van der Waals surface area (Å²) in [7, 11) is 0. The Kier molecular flexibility index (Phi) is 5.07. The van der Waals surface area contributed by atoms with Crippen molar-refractivity contribution in [3.05, 3.63) is 61.7 Å². The summed E-state index contributed by atoms with van der Waals surface area (Å²) in [4.78, 5) is 22.7. The molecule has 2 heterocycles. The van der Waals surface area contributed by atoms with Crippen molar-refractivity contribution in [3.63, 3.8) is 0 Å². The van der Waals surface area contributed by atoms with Gasteiger partial charge < -0.3 is 14.4 Å². The number of nitro benzene ring substituents is 2. The highest BCUT2D eigenvalue weighted by molar-refractivity contribution is 5.77. The molecule has 0 bridgehead atoms. The van der Waals surface area contributed by atoms with E-state index in [2.05, 4.69) is 0 Å². The van der Waals surface area contributed by atoms with Crippen molar-refractivity contribution in [2.45, 2.75) is 25.1 Å². The van der Waals surface area contributed by atoms with Crippen LogP contribution in [0.4, 0.5) is 30.2 Å². The molecule has 0 N–H and O–H groups in total. The monoisotopic (exact) mass is 439 g/mol. The van der Waals surface area contributed by atoms with E-state index in [4.69, 9.17) is 9.47 Å². The summed E-state index contributed by atoms with van der Waals surface area (Å²) in [6.45, 7) is 0.834. The molecule has 12 heteroatoms. The van der Waals surface area contributed by atoms with Crippen LogP contribution in [0.15, 0.2) is 30.3 Å². The molecule has 0 spiro atoms. The van der Waals surface area contributed by atoms with Crippen molar-refractivity contribution in [1.29, 1.82) is 0 Å². The first-order valence-electron chi connectivity index (χ1n) is 9.37. The molecule has 0 saturated carbocycles. The van der Waals surface area contributed by atoms with Crippen molar-refractivity contribution in [2.75, 3.05) is 24.7 Å². The van der Waals surface area contributed by atoms with Crippen molar-refractivity contribution in [1.82, 2.24) is 0 Å². The van der Waals surface area contributed by atoms with Gasteiger partial charge in [-0.2, -0.15) is 13.2 Å². The molecule has 1 saturated heterocycles. The largest absolute Gasteiger partial charge is 0.486 e. The summed E-state index contributed by atoms with van der Waals surface area (Å²) in [5.74, 6) is 0.912. The van der Waals surface area contributed by atoms with E-state index in [9.17, 15) is 33.4 Å². The maximum atomic E-state index is 13.2. The highest BCUT2D eigenvalue weighted by atomic mass is 19.4. The van der Waals surface area contributed by atoms with E-state index in [-0.39, 0.29) is 13.2 Å². The molecule has 1 unspecified atom stereocenters. The molecule has 0 amide bonds. The number of halogens is 3. The van der Waals surface area contributed by atoms with Gasteiger partial charge in [-0.1, -0.05) is 12.1 Å². The molecule has 2 aromatic rings. The van der Waals surface area contributed by atoms with Gasteiger partial charge in [-0.15, -0.1) is 0 Å². The lowest BCUT2D eigenvalue weighted by Gasteiger charge is -2.30. The fourth-order valence-corrected chi connectivity index (χ4v) is 4.06. The zero-order chi connectivity index (χ0) is 22.3. The average molecular weight is 439 g/mol. The summed E-state index contributed by atoms with van der Waals surface area (Å²) < 4.78 is 50.9. The van der Waals surface area contributed by atoms with Crippen molar-refractivity contribution in [3.8, 4) is 11.5 Å². The van der Waals surface area contributed by atoms with Gasteiger partial charge in [-0.05, 0) is 18.9 Å². The van der Waals surface area contributed by atoms with Crippen LogP contribution >= 0.6 is 0 Å². The summed E-state index contributed by atoms with van der Waals surface area (Å²) >= 11 is 0. The molecule has 2 aromatic carbocycles. The molecule has 2 aliphatic rings. The van der Waals surface area contributed by atoms with Crippen LogP contribution in [0.5, 0.6) is 11.5 Å². The summed E-state index contributed by atoms with van der Waals surface area (Å²) in [5.41, 5.74) is -3.21. The van der Waals surface area contributed by atoms with E-state index in [0.717, 1.165) is 0 Å². The fourth-order valence-electron chi connectivity index (χ4n) is 4.06. The number of anilines is 1. The normalized spacial score (nSPS) is 18.2. The van der Waals surface area contributed by atoms with E-state index < -0.39 is 44.7 Å². The van der Waals surface area contributed by atoms with Crippen LogP contribution in [0, 0.1) is 20.2 Å². The highest BCUT2D eigenvalue weighted by Crippen LogP contribution is 2.50. The number of hydrogen-bond donors (Lipinski definition) is 0. The van der Waals surface area contributed by atoms with Crippen LogP contribution in [0.25, 0.3) is 0 Å². The first-order chi connectivity index (χ1) is 14.7. The van der Waals surface area contributed by atoms with Crippen LogP contribution in [0.2, 0.25) is 0 Å². The number of para-hydroxylation sites is 1. The van der Waals surface area contributed by atoms with E-state index in [0.29, 0.717) is 48.6 Å². The Labute approximate surface area is 173 Å². The van der Waals surface area contributed by atoms with Gasteiger partial charge in [-0.25, -0.2) is 0 Å². The van der Waals surface area contributed by atoms with Gasteiger partial charge in [0.15, 0.2) is 17.2 Å². The van der Waals surface area contributed by atoms with Gasteiger partial charge in [0.1, 0.15) is 13.2 Å². The molecule has 1 fully saturated rings. The fraction of sp³-hybridized carbons (Fsp3) is 0.368. The standard InChI is InChI=1S/C19H16F3N3O6/c20-19(21,22)11-9-14(24(26)27)17(15(10-11)25(28)29)23-6-2-4-13(23)12-3-1-5-16-18(12)31-8-7-30-16/h1,3,5,9-10,13H,2,4,6-8H2. The highest BCUT2D eigenvalue weighted by Gasteiger charge is 2.42. The molecule has 0 aromatic heterocycles. The lowest BCUT2D eigenvalue weighted by atomic mass is 10.0. The smallest absolute Gasteiger partial charge is 0.416 e. The van der Waals surface area contributed by atoms with Gasteiger partial charge in [0.2, 0.25) is 0 Å². The Hall–Kier alpha value is -3.57. The Morgan fingerprint density at radius 3 is 2.29 bits per heavy atom. The number of rotatable bonds is 4. The van der Waals surface area contributed by atoms with Crippen LogP contribution < -0.4 is 14.4 Å². The molecule has 164 valence electrons. The second-order valence-electron chi connectivity index (χ2n) is 7.10. The van der Waals surface area contributed by atoms with Gasteiger partial charge in [-0.3, -0.25) is 20.2 Å². The van der Waals surface area contributed by atoms with Crippen molar-refractivity contribution in [2.24, 2.45) is 0 Å². The number of ether oxygens (including phenoxy) is 2. The number of alkyl halides is 3. The van der Waals surface area contributed by atoms with Gasteiger partial charge >= 0.3 is 6.18 Å². The number of hydrogen-bond acceptors (Lipinski definition) is 7. The molecule has 4 rings (SSSR count). The van der Waals surface area contributed by atoms with Crippen LogP contribution in [0.1, 0.15) is 30.0 Å².